The minimum atomic E-state index is -4.36. The third kappa shape index (κ3) is 6.14. The summed E-state index contributed by atoms with van der Waals surface area (Å²) in [6, 6.07) is 12.1. The van der Waals surface area contributed by atoms with E-state index in [1.807, 2.05) is 24.3 Å². The van der Waals surface area contributed by atoms with Crippen molar-refractivity contribution in [1.82, 2.24) is 24.4 Å². The standard InChI is InChI=1S/C28H28ClF3N6O2/c1-17-22(12-19(29)13-33-17)26(39)36-20-8-6-18(7-9-20)15-37-23-4-2-3-5-24(23)38(27(37)40)21-10-11-25(34-14-21)35-16-28(30,31)32/h2-5,10-14,18,20H,6-9,15-16H2,1H3,(H,34,35)(H,36,39)/t18-,20-. The van der Waals surface area contributed by atoms with Gasteiger partial charge in [0.25, 0.3) is 5.91 Å². The van der Waals surface area contributed by atoms with Crippen molar-refractivity contribution in [3.8, 4) is 5.69 Å². The van der Waals surface area contributed by atoms with E-state index in [9.17, 15) is 22.8 Å². The van der Waals surface area contributed by atoms with Gasteiger partial charge < -0.3 is 10.6 Å². The fourth-order valence-corrected chi connectivity index (χ4v) is 5.35. The lowest BCUT2D eigenvalue weighted by Crippen LogP contribution is -2.39. The first kappa shape index (κ1) is 27.7. The molecule has 1 saturated carbocycles. The molecular formula is C28H28ClF3N6O2. The molecule has 0 bridgehead atoms. The first-order chi connectivity index (χ1) is 19.1. The van der Waals surface area contributed by atoms with Crippen LogP contribution < -0.4 is 16.3 Å². The monoisotopic (exact) mass is 572 g/mol. The van der Waals surface area contributed by atoms with Crippen LogP contribution in [0, 0.1) is 12.8 Å². The summed E-state index contributed by atoms with van der Waals surface area (Å²) in [6.07, 6.45) is 1.79. The van der Waals surface area contributed by atoms with E-state index >= 15 is 0 Å². The Labute approximate surface area is 233 Å². The van der Waals surface area contributed by atoms with E-state index < -0.39 is 12.7 Å². The van der Waals surface area contributed by atoms with Crippen LogP contribution in [-0.4, -0.2) is 43.8 Å². The molecule has 1 aliphatic rings. The van der Waals surface area contributed by atoms with Crippen molar-refractivity contribution < 1.29 is 18.0 Å². The van der Waals surface area contributed by atoms with Crippen molar-refractivity contribution >= 4 is 34.4 Å². The maximum Gasteiger partial charge on any atom is 0.405 e. The normalized spacial score (nSPS) is 17.6. The number of aryl methyl sites for hydroxylation is 1. The van der Waals surface area contributed by atoms with Gasteiger partial charge in [0.05, 0.1) is 39.2 Å². The van der Waals surface area contributed by atoms with E-state index in [1.165, 1.54) is 23.0 Å². The third-order valence-corrected chi connectivity index (χ3v) is 7.44. The molecule has 12 heteroatoms. The van der Waals surface area contributed by atoms with E-state index in [1.54, 1.807) is 23.6 Å². The molecule has 1 aliphatic carbocycles. The molecule has 3 aromatic heterocycles. The highest BCUT2D eigenvalue weighted by Crippen LogP contribution is 2.28. The maximum atomic E-state index is 13.6. The zero-order valence-electron chi connectivity index (χ0n) is 21.7. The zero-order valence-corrected chi connectivity index (χ0v) is 22.5. The molecule has 1 fully saturated rings. The molecular weight excluding hydrogens is 545 g/mol. The molecule has 0 saturated heterocycles. The molecule has 2 N–H and O–H groups in total. The molecule has 3 heterocycles. The van der Waals surface area contributed by atoms with Gasteiger partial charge in [-0.1, -0.05) is 23.7 Å². The van der Waals surface area contributed by atoms with Gasteiger partial charge in [-0.2, -0.15) is 13.2 Å². The van der Waals surface area contributed by atoms with Gasteiger partial charge in [0.1, 0.15) is 12.4 Å². The average Bonchev–Trinajstić information content (AvgIpc) is 3.20. The Morgan fingerprint density at radius 2 is 1.77 bits per heavy atom. The largest absolute Gasteiger partial charge is 0.405 e. The van der Waals surface area contributed by atoms with Crippen LogP contribution in [0.25, 0.3) is 16.7 Å². The minimum absolute atomic E-state index is 0.0238. The second kappa shape index (κ2) is 11.3. The summed E-state index contributed by atoms with van der Waals surface area (Å²) in [4.78, 5) is 34.6. The smallest absolute Gasteiger partial charge is 0.361 e. The number of nitrogens with zero attached hydrogens (tertiary/aromatic N) is 4. The number of hydrogen-bond donors (Lipinski definition) is 2. The lowest BCUT2D eigenvalue weighted by Gasteiger charge is -2.29. The third-order valence-electron chi connectivity index (χ3n) is 7.23. The Balaban J connectivity index is 1.28. The van der Waals surface area contributed by atoms with Crippen LogP contribution in [-0.2, 0) is 6.54 Å². The van der Waals surface area contributed by atoms with Crippen molar-refractivity contribution in [2.45, 2.75) is 51.4 Å². The summed E-state index contributed by atoms with van der Waals surface area (Å²) < 4.78 is 40.8. The summed E-state index contributed by atoms with van der Waals surface area (Å²) in [5, 5.41) is 5.74. The molecule has 0 aliphatic heterocycles. The van der Waals surface area contributed by atoms with Gasteiger partial charge in [-0.25, -0.2) is 9.78 Å². The van der Waals surface area contributed by atoms with Crippen molar-refractivity contribution in [2.75, 3.05) is 11.9 Å². The number of imidazole rings is 1. The number of nitrogens with one attached hydrogen (secondary N) is 2. The molecule has 1 amide bonds. The first-order valence-electron chi connectivity index (χ1n) is 13.0. The number of hydrogen-bond acceptors (Lipinski definition) is 5. The van der Waals surface area contributed by atoms with Crippen LogP contribution in [0.4, 0.5) is 19.0 Å². The summed E-state index contributed by atoms with van der Waals surface area (Å²) in [7, 11) is 0. The van der Waals surface area contributed by atoms with Crippen LogP contribution in [0.3, 0.4) is 0 Å². The molecule has 210 valence electrons. The number of aromatic nitrogens is 4. The van der Waals surface area contributed by atoms with Crippen LogP contribution in [0.1, 0.15) is 41.7 Å². The molecule has 1 aromatic carbocycles. The van der Waals surface area contributed by atoms with E-state index in [-0.39, 0.29) is 29.4 Å². The second-order valence-electron chi connectivity index (χ2n) is 10.1. The van der Waals surface area contributed by atoms with E-state index in [2.05, 4.69) is 20.6 Å². The molecule has 5 rings (SSSR count). The number of carbonyl (C=O) groups is 1. The average molecular weight is 573 g/mol. The topological polar surface area (TPSA) is 93.8 Å². The van der Waals surface area contributed by atoms with Crippen LogP contribution in [0.5, 0.6) is 0 Å². The summed E-state index contributed by atoms with van der Waals surface area (Å²) in [5.41, 5.74) is 2.78. The predicted octanol–water partition coefficient (Wildman–Crippen LogP) is 5.51. The Morgan fingerprint density at radius 1 is 1.05 bits per heavy atom. The lowest BCUT2D eigenvalue weighted by molar-refractivity contribution is -0.115. The van der Waals surface area contributed by atoms with Gasteiger partial charge in [-0.3, -0.25) is 18.9 Å². The number of pyridine rings is 2. The number of carbonyl (C=O) groups excluding carboxylic acids is 1. The fourth-order valence-electron chi connectivity index (χ4n) is 5.20. The number of para-hydroxylation sites is 2. The lowest BCUT2D eigenvalue weighted by atomic mass is 9.85. The highest BCUT2D eigenvalue weighted by atomic mass is 35.5. The summed E-state index contributed by atoms with van der Waals surface area (Å²) >= 11 is 6.01. The van der Waals surface area contributed by atoms with Crippen molar-refractivity contribution in [3.63, 3.8) is 0 Å². The fraction of sp³-hybridized carbons (Fsp3) is 0.357. The maximum absolute atomic E-state index is 13.6. The SMILES string of the molecule is Cc1ncc(Cl)cc1C(=O)N[C@H]1CC[C@H](Cn2c(=O)n(-c3ccc(NCC(F)(F)F)nc3)c3ccccc32)CC1. The second-order valence-corrected chi connectivity index (χ2v) is 10.5. The Bertz CT molecular complexity index is 1570. The number of amides is 1. The molecule has 0 unspecified atom stereocenters. The number of benzene rings is 1. The number of halogens is 4. The number of fused-ring (bicyclic) bond motifs is 1. The van der Waals surface area contributed by atoms with Gasteiger partial charge >= 0.3 is 11.9 Å². The van der Waals surface area contributed by atoms with Gasteiger partial charge in [0, 0.05) is 18.8 Å². The van der Waals surface area contributed by atoms with Gasteiger partial charge in [0.2, 0.25) is 0 Å². The summed E-state index contributed by atoms with van der Waals surface area (Å²) in [6.45, 7) is 1.09. The predicted molar refractivity (Wildman–Crippen MR) is 147 cm³/mol. The van der Waals surface area contributed by atoms with E-state index in [0.717, 1.165) is 31.2 Å². The minimum Gasteiger partial charge on any atom is -0.361 e. The highest BCUT2D eigenvalue weighted by Gasteiger charge is 2.27. The number of alkyl halides is 3. The van der Waals surface area contributed by atoms with Crippen molar-refractivity contribution in [2.24, 2.45) is 5.92 Å². The first-order valence-corrected chi connectivity index (χ1v) is 13.4. The van der Waals surface area contributed by atoms with Crippen LogP contribution in [0.2, 0.25) is 5.02 Å². The Kier molecular flexibility index (Phi) is 7.84. The number of rotatable bonds is 7. The molecule has 0 atom stereocenters. The molecule has 0 radical (unpaired) electrons. The molecule has 40 heavy (non-hydrogen) atoms. The van der Waals surface area contributed by atoms with Crippen molar-refractivity contribution in [1.29, 1.82) is 0 Å². The van der Waals surface area contributed by atoms with Crippen LogP contribution in [0.15, 0.2) is 59.7 Å². The Hall–Kier alpha value is -3.86. The molecule has 4 aromatic rings. The van der Waals surface area contributed by atoms with E-state index in [4.69, 9.17) is 11.6 Å². The summed E-state index contributed by atoms with van der Waals surface area (Å²) in [5.74, 6) is 0.124. The molecule has 8 nitrogen and oxygen atoms in total. The molecule has 0 spiro atoms. The highest BCUT2D eigenvalue weighted by molar-refractivity contribution is 6.30. The van der Waals surface area contributed by atoms with Gasteiger partial charge in [-0.05, 0) is 68.9 Å². The van der Waals surface area contributed by atoms with E-state index in [0.29, 0.717) is 34.0 Å². The van der Waals surface area contributed by atoms with Gasteiger partial charge in [0.15, 0.2) is 0 Å². The Morgan fingerprint density at radius 3 is 2.45 bits per heavy atom. The quantitative estimate of drug-likeness (QED) is 0.305. The number of anilines is 1. The van der Waals surface area contributed by atoms with Crippen molar-refractivity contribution in [3.05, 3.63) is 81.6 Å². The zero-order chi connectivity index (χ0) is 28.4. The van der Waals surface area contributed by atoms with Gasteiger partial charge in [-0.15, -0.1) is 0 Å². The van der Waals surface area contributed by atoms with Crippen LogP contribution >= 0.6 is 11.6 Å².